The second kappa shape index (κ2) is 6.37. The molecule has 1 N–H and O–H groups in total. The standard InChI is InChI=1S/C18H21ClFNO6/c1-17(2)24-11-12(25-17)14-16(27-18(3,4)26-14)23-13(11)15(22)21-8-5-6-10(20)9(19)7-8/h5-7,11-14,16H,1-4H3,(H,21,22)/t11-,12+,13+,14-,16+/m1/s1. The number of rotatable bonds is 2. The van der Waals surface area contributed by atoms with Crippen LogP contribution in [-0.4, -0.2) is 48.2 Å². The van der Waals surface area contributed by atoms with Gasteiger partial charge in [-0.05, 0) is 45.9 Å². The molecule has 0 aliphatic carbocycles. The molecule has 148 valence electrons. The Morgan fingerprint density at radius 2 is 1.67 bits per heavy atom. The Morgan fingerprint density at radius 3 is 2.37 bits per heavy atom. The zero-order valence-electron chi connectivity index (χ0n) is 15.3. The normalized spacial score (nSPS) is 36.1. The van der Waals surface area contributed by atoms with Crippen LogP contribution < -0.4 is 5.32 Å². The molecule has 3 saturated heterocycles. The number of hydrogen-bond acceptors (Lipinski definition) is 6. The smallest absolute Gasteiger partial charge is 0.256 e. The fourth-order valence-corrected chi connectivity index (χ4v) is 3.79. The van der Waals surface area contributed by atoms with Gasteiger partial charge >= 0.3 is 0 Å². The van der Waals surface area contributed by atoms with E-state index in [2.05, 4.69) is 5.32 Å². The van der Waals surface area contributed by atoms with Gasteiger partial charge in [-0.15, -0.1) is 0 Å². The maximum absolute atomic E-state index is 13.3. The van der Waals surface area contributed by atoms with Crippen LogP contribution in [0.3, 0.4) is 0 Å². The molecule has 3 aliphatic heterocycles. The van der Waals surface area contributed by atoms with Crippen LogP contribution in [0.25, 0.3) is 0 Å². The fraction of sp³-hybridized carbons (Fsp3) is 0.611. The van der Waals surface area contributed by atoms with Crippen molar-refractivity contribution in [1.29, 1.82) is 0 Å². The number of anilines is 1. The highest BCUT2D eigenvalue weighted by Crippen LogP contribution is 2.44. The fourth-order valence-electron chi connectivity index (χ4n) is 3.61. The van der Waals surface area contributed by atoms with Gasteiger partial charge in [-0.2, -0.15) is 0 Å². The molecule has 1 amide bonds. The minimum absolute atomic E-state index is 0.0915. The van der Waals surface area contributed by atoms with Gasteiger partial charge in [-0.3, -0.25) is 4.79 Å². The molecule has 5 atom stereocenters. The molecule has 0 aromatic heterocycles. The van der Waals surface area contributed by atoms with Gasteiger partial charge < -0.3 is 29.0 Å². The van der Waals surface area contributed by atoms with Gasteiger partial charge in [0.1, 0.15) is 24.1 Å². The first-order valence-electron chi connectivity index (χ1n) is 8.67. The van der Waals surface area contributed by atoms with Gasteiger partial charge in [0.25, 0.3) is 5.91 Å². The van der Waals surface area contributed by atoms with E-state index >= 15 is 0 Å². The molecule has 3 aliphatic rings. The SMILES string of the molecule is CC1(C)O[C@H]2[C@@H](O1)[C@@H](C(=O)Nc1ccc(F)c(Cl)c1)O[C@H]1OC(C)(C)O[C@@H]12. The van der Waals surface area contributed by atoms with Crippen molar-refractivity contribution < 1.29 is 32.9 Å². The summed E-state index contributed by atoms with van der Waals surface area (Å²) in [6.07, 6.45) is -3.51. The Kier molecular flexibility index (Phi) is 4.49. The van der Waals surface area contributed by atoms with Crippen molar-refractivity contribution in [3.05, 3.63) is 29.0 Å². The second-order valence-electron chi connectivity index (χ2n) is 7.71. The highest BCUT2D eigenvalue weighted by Gasteiger charge is 2.62. The van der Waals surface area contributed by atoms with E-state index in [-0.39, 0.29) is 5.02 Å². The van der Waals surface area contributed by atoms with Crippen LogP contribution >= 0.6 is 11.6 Å². The number of nitrogens with one attached hydrogen (secondary N) is 1. The number of fused-ring (bicyclic) bond motifs is 3. The molecule has 3 heterocycles. The summed E-state index contributed by atoms with van der Waals surface area (Å²) in [7, 11) is 0. The summed E-state index contributed by atoms with van der Waals surface area (Å²) in [5.74, 6) is -2.81. The predicted molar refractivity (Wildman–Crippen MR) is 92.6 cm³/mol. The maximum atomic E-state index is 13.3. The van der Waals surface area contributed by atoms with E-state index in [1.807, 2.05) is 0 Å². The van der Waals surface area contributed by atoms with Gasteiger partial charge in [0, 0.05) is 5.69 Å². The highest BCUT2D eigenvalue weighted by molar-refractivity contribution is 6.31. The molecular weight excluding hydrogens is 381 g/mol. The first-order chi connectivity index (χ1) is 12.5. The Balaban J connectivity index is 1.57. The number of carbonyl (C=O) groups excluding carboxylic acids is 1. The summed E-state index contributed by atoms with van der Waals surface area (Å²) in [6, 6.07) is 3.91. The van der Waals surface area contributed by atoms with E-state index in [9.17, 15) is 9.18 Å². The van der Waals surface area contributed by atoms with E-state index in [0.29, 0.717) is 5.69 Å². The Labute approximate surface area is 161 Å². The average Bonchev–Trinajstić information content (AvgIpc) is 3.04. The Bertz CT molecular complexity index is 772. The van der Waals surface area contributed by atoms with Gasteiger partial charge in [-0.25, -0.2) is 4.39 Å². The summed E-state index contributed by atoms with van der Waals surface area (Å²) in [4.78, 5) is 12.9. The monoisotopic (exact) mass is 401 g/mol. The predicted octanol–water partition coefficient (Wildman–Crippen LogP) is 2.81. The number of halogens is 2. The molecular formula is C18H21ClFNO6. The highest BCUT2D eigenvalue weighted by atomic mass is 35.5. The first-order valence-corrected chi connectivity index (χ1v) is 9.05. The molecule has 9 heteroatoms. The van der Waals surface area contributed by atoms with Crippen LogP contribution in [-0.2, 0) is 28.5 Å². The minimum Gasteiger partial charge on any atom is -0.342 e. The van der Waals surface area contributed by atoms with Gasteiger partial charge in [0.15, 0.2) is 24.0 Å². The van der Waals surface area contributed by atoms with Gasteiger partial charge in [0.2, 0.25) is 0 Å². The largest absolute Gasteiger partial charge is 0.342 e. The first kappa shape index (κ1) is 19.0. The van der Waals surface area contributed by atoms with Crippen molar-refractivity contribution in [3.8, 4) is 0 Å². The van der Waals surface area contributed by atoms with Crippen molar-refractivity contribution >= 4 is 23.2 Å². The molecule has 1 aromatic carbocycles. The van der Waals surface area contributed by atoms with E-state index in [0.717, 1.165) is 0 Å². The maximum Gasteiger partial charge on any atom is 0.256 e. The number of benzene rings is 1. The van der Waals surface area contributed by atoms with Crippen molar-refractivity contribution in [2.45, 2.75) is 70.0 Å². The van der Waals surface area contributed by atoms with Crippen LogP contribution in [0.4, 0.5) is 10.1 Å². The number of carbonyl (C=O) groups is 1. The lowest BCUT2D eigenvalue weighted by Gasteiger charge is -2.36. The van der Waals surface area contributed by atoms with Crippen LogP contribution in [0.2, 0.25) is 5.02 Å². The number of hydrogen-bond donors (Lipinski definition) is 1. The lowest BCUT2D eigenvalue weighted by atomic mass is 9.98. The summed E-state index contributed by atoms with van der Waals surface area (Å²) in [6.45, 7) is 7.05. The third-order valence-corrected chi connectivity index (χ3v) is 4.89. The molecule has 7 nitrogen and oxygen atoms in total. The summed E-state index contributed by atoms with van der Waals surface area (Å²) in [5.41, 5.74) is 0.343. The van der Waals surface area contributed by atoms with Crippen LogP contribution in [0.15, 0.2) is 18.2 Å². The molecule has 0 spiro atoms. The Morgan fingerprint density at radius 1 is 1.04 bits per heavy atom. The third-order valence-electron chi connectivity index (χ3n) is 4.60. The molecule has 1 aromatic rings. The van der Waals surface area contributed by atoms with Crippen LogP contribution in [0, 0.1) is 5.82 Å². The van der Waals surface area contributed by atoms with E-state index < -0.39 is 54.0 Å². The molecule has 0 bridgehead atoms. The quantitative estimate of drug-likeness (QED) is 0.821. The molecule has 0 unspecified atom stereocenters. The topological polar surface area (TPSA) is 75.3 Å². The number of ether oxygens (including phenoxy) is 5. The zero-order valence-corrected chi connectivity index (χ0v) is 16.1. The molecule has 4 rings (SSSR count). The molecule has 27 heavy (non-hydrogen) atoms. The van der Waals surface area contributed by atoms with Crippen molar-refractivity contribution in [2.24, 2.45) is 0 Å². The number of amides is 1. The third kappa shape index (κ3) is 3.57. The lowest BCUT2D eigenvalue weighted by Crippen LogP contribution is -2.58. The second-order valence-corrected chi connectivity index (χ2v) is 8.12. The average molecular weight is 402 g/mol. The molecule has 0 radical (unpaired) electrons. The minimum atomic E-state index is -1.00. The van der Waals surface area contributed by atoms with Gasteiger partial charge in [0.05, 0.1) is 5.02 Å². The lowest BCUT2D eigenvalue weighted by molar-refractivity contribution is -0.229. The van der Waals surface area contributed by atoms with E-state index in [4.69, 9.17) is 35.3 Å². The molecule has 3 fully saturated rings. The van der Waals surface area contributed by atoms with Gasteiger partial charge in [-0.1, -0.05) is 11.6 Å². The van der Waals surface area contributed by atoms with Crippen molar-refractivity contribution in [1.82, 2.24) is 0 Å². The van der Waals surface area contributed by atoms with E-state index in [1.165, 1.54) is 18.2 Å². The summed E-state index contributed by atoms with van der Waals surface area (Å²) in [5, 5.41) is 2.58. The zero-order chi connectivity index (χ0) is 19.6. The van der Waals surface area contributed by atoms with Crippen LogP contribution in [0.5, 0.6) is 0 Å². The van der Waals surface area contributed by atoms with Crippen molar-refractivity contribution in [3.63, 3.8) is 0 Å². The summed E-state index contributed by atoms with van der Waals surface area (Å²) >= 11 is 5.78. The molecule has 0 saturated carbocycles. The van der Waals surface area contributed by atoms with E-state index in [1.54, 1.807) is 27.7 Å². The van der Waals surface area contributed by atoms with Crippen molar-refractivity contribution in [2.75, 3.05) is 5.32 Å². The summed E-state index contributed by atoms with van der Waals surface area (Å²) < 4.78 is 42.7. The Hall–Kier alpha value is -1.29. The van der Waals surface area contributed by atoms with Crippen LogP contribution in [0.1, 0.15) is 27.7 Å².